The second-order valence-electron chi connectivity index (χ2n) is 9.28. The van der Waals surface area contributed by atoms with Crippen LogP contribution >= 0.6 is 38.9 Å². The predicted octanol–water partition coefficient (Wildman–Crippen LogP) is 8.76. The molecule has 1 nitrogen and oxygen atoms in total. The molecule has 5 heteroatoms. The summed E-state index contributed by atoms with van der Waals surface area (Å²) in [7, 11) is 0. The number of hydrogen-bond donors (Lipinski definition) is 0. The molecular formula is C26H23BrClFOS. The Morgan fingerprint density at radius 1 is 1.06 bits per heavy atom. The number of rotatable bonds is 2. The highest BCUT2D eigenvalue weighted by atomic mass is 79.9. The molecule has 1 saturated carbocycles. The number of fused-ring (bicyclic) bond motifs is 5. The zero-order chi connectivity index (χ0) is 21.3. The lowest BCUT2D eigenvalue weighted by molar-refractivity contribution is 0.125. The van der Waals surface area contributed by atoms with Crippen LogP contribution in [0.4, 0.5) is 4.39 Å². The van der Waals surface area contributed by atoms with Gasteiger partial charge in [-0.05, 0) is 91.0 Å². The molecular weight excluding hydrogens is 495 g/mol. The van der Waals surface area contributed by atoms with Gasteiger partial charge >= 0.3 is 0 Å². The van der Waals surface area contributed by atoms with E-state index in [1.807, 2.05) is 17.4 Å². The fourth-order valence-electron chi connectivity index (χ4n) is 5.57. The summed E-state index contributed by atoms with van der Waals surface area (Å²) in [6, 6.07) is 14.3. The van der Waals surface area contributed by atoms with Crippen LogP contribution in [0.15, 0.2) is 46.9 Å². The van der Waals surface area contributed by atoms with E-state index in [0.29, 0.717) is 22.3 Å². The number of hydrogen-bond acceptors (Lipinski definition) is 2. The summed E-state index contributed by atoms with van der Waals surface area (Å²) in [5.74, 6) is 1.75. The van der Waals surface area contributed by atoms with E-state index in [9.17, 15) is 0 Å². The highest BCUT2D eigenvalue weighted by Crippen LogP contribution is 2.54. The fourth-order valence-corrected chi connectivity index (χ4v) is 7.46. The summed E-state index contributed by atoms with van der Waals surface area (Å²) < 4.78 is 23.0. The smallest absolute Gasteiger partial charge is 0.136 e. The standard InChI is InChI=1S/C26H23BrClFOS/c1-13-19-5-4-17(27)9-15(19)8-16-10-20(13)26(24-7-6-23(31-24)14-2-3-14)30-22-12-18(28)11-21(29)25(16)22/h4-7,9,11-14,16,20,26H,2-3,8,10H2,1H3. The molecule has 2 heterocycles. The second kappa shape index (κ2) is 7.60. The van der Waals surface area contributed by atoms with Gasteiger partial charge in [-0.25, -0.2) is 4.39 Å². The lowest BCUT2D eigenvalue weighted by Crippen LogP contribution is -2.22. The van der Waals surface area contributed by atoms with E-state index in [4.69, 9.17) is 16.3 Å². The van der Waals surface area contributed by atoms with Gasteiger partial charge in [0.05, 0.1) is 0 Å². The summed E-state index contributed by atoms with van der Waals surface area (Å²) >= 11 is 11.8. The van der Waals surface area contributed by atoms with Gasteiger partial charge in [-0.15, -0.1) is 11.3 Å². The monoisotopic (exact) mass is 516 g/mol. The first-order valence-electron chi connectivity index (χ1n) is 11.0. The maximum atomic E-state index is 15.3. The normalized spacial score (nSPS) is 27.0. The predicted molar refractivity (Wildman–Crippen MR) is 128 cm³/mol. The summed E-state index contributed by atoms with van der Waals surface area (Å²) in [5.41, 5.74) is 3.36. The molecule has 2 aliphatic carbocycles. The van der Waals surface area contributed by atoms with Gasteiger partial charge in [0.25, 0.3) is 0 Å². The van der Waals surface area contributed by atoms with E-state index >= 15 is 4.39 Å². The van der Waals surface area contributed by atoms with Gasteiger partial charge in [-0.3, -0.25) is 0 Å². The molecule has 3 aliphatic rings. The Bertz CT molecular complexity index is 1170. The van der Waals surface area contributed by atoms with Crippen LogP contribution in [-0.2, 0) is 6.42 Å². The zero-order valence-corrected chi connectivity index (χ0v) is 20.4. The van der Waals surface area contributed by atoms with Crippen molar-refractivity contribution >= 4 is 38.9 Å². The van der Waals surface area contributed by atoms with Crippen molar-refractivity contribution in [3.8, 4) is 5.75 Å². The topological polar surface area (TPSA) is 9.23 Å². The minimum absolute atomic E-state index is 0.0723. The van der Waals surface area contributed by atoms with Crippen LogP contribution in [0.5, 0.6) is 5.75 Å². The number of benzene rings is 2. The third-order valence-electron chi connectivity index (χ3n) is 7.28. The Hall–Kier alpha value is -1.36. The molecule has 2 bridgehead atoms. The van der Waals surface area contributed by atoms with E-state index in [1.54, 1.807) is 0 Å². The lowest BCUT2D eigenvalue weighted by Gasteiger charge is -2.30. The van der Waals surface area contributed by atoms with Crippen molar-refractivity contribution in [2.24, 2.45) is 5.92 Å². The Labute approximate surface area is 199 Å². The third-order valence-corrected chi connectivity index (χ3v) is 9.30. The molecule has 160 valence electrons. The Kier molecular flexibility index (Phi) is 4.97. The first-order valence-corrected chi connectivity index (χ1v) is 13.0. The molecule has 1 fully saturated rings. The highest BCUT2D eigenvalue weighted by molar-refractivity contribution is 9.10. The minimum Gasteiger partial charge on any atom is -0.484 e. The van der Waals surface area contributed by atoms with Crippen LogP contribution < -0.4 is 4.74 Å². The summed E-state index contributed by atoms with van der Waals surface area (Å²) in [4.78, 5) is 2.72. The quantitative estimate of drug-likeness (QED) is 0.330. The molecule has 1 aromatic heterocycles. The van der Waals surface area contributed by atoms with Crippen LogP contribution in [0.1, 0.15) is 76.5 Å². The average molecular weight is 518 g/mol. The van der Waals surface area contributed by atoms with Gasteiger partial charge in [0.15, 0.2) is 0 Å². The molecule has 4 atom stereocenters. The lowest BCUT2D eigenvalue weighted by atomic mass is 9.79. The number of thiophene rings is 1. The van der Waals surface area contributed by atoms with Gasteiger partial charge in [0, 0.05) is 30.7 Å². The zero-order valence-electron chi connectivity index (χ0n) is 17.2. The molecule has 6 rings (SSSR count). The molecule has 2 aromatic carbocycles. The van der Waals surface area contributed by atoms with E-state index in [0.717, 1.165) is 23.2 Å². The Morgan fingerprint density at radius 2 is 1.87 bits per heavy atom. The van der Waals surface area contributed by atoms with Crippen LogP contribution in [0.2, 0.25) is 5.02 Å². The van der Waals surface area contributed by atoms with E-state index in [-0.39, 0.29) is 23.8 Å². The first kappa shape index (κ1) is 20.3. The van der Waals surface area contributed by atoms with Crippen LogP contribution in [0.3, 0.4) is 0 Å². The van der Waals surface area contributed by atoms with Crippen LogP contribution in [0, 0.1) is 11.7 Å². The number of ether oxygens (including phenoxy) is 1. The molecule has 1 aliphatic heterocycles. The van der Waals surface area contributed by atoms with E-state index < -0.39 is 0 Å². The van der Waals surface area contributed by atoms with Crippen LogP contribution in [0.25, 0.3) is 0 Å². The number of halogens is 3. The molecule has 0 N–H and O–H groups in total. The Morgan fingerprint density at radius 3 is 2.68 bits per heavy atom. The first-order chi connectivity index (χ1) is 15.0. The maximum absolute atomic E-state index is 15.3. The van der Waals surface area contributed by atoms with Gasteiger partial charge in [0.1, 0.15) is 17.7 Å². The highest BCUT2D eigenvalue weighted by Gasteiger charge is 2.42. The molecule has 0 amide bonds. The van der Waals surface area contributed by atoms with Gasteiger partial charge in [-0.2, -0.15) is 0 Å². The van der Waals surface area contributed by atoms with Crippen molar-refractivity contribution in [2.75, 3.05) is 0 Å². The second-order valence-corrected chi connectivity index (χ2v) is 11.8. The largest absolute Gasteiger partial charge is 0.484 e. The Balaban J connectivity index is 1.53. The molecule has 4 unspecified atom stereocenters. The van der Waals surface area contributed by atoms with Crippen molar-refractivity contribution in [3.05, 3.63) is 84.2 Å². The van der Waals surface area contributed by atoms with Crippen molar-refractivity contribution in [2.45, 2.75) is 56.5 Å². The van der Waals surface area contributed by atoms with E-state index in [1.165, 1.54) is 39.8 Å². The van der Waals surface area contributed by atoms with Crippen molar-refractivity contribution in [3.63, 3.8) is 0 Å². The summed E-state index contributed by atoms with van der Waals surface area (Å²) in [6.45, 7) is 2.31. The van der Waals surface area contributed by atoms with Gasteiger partial charge in [0.2, 0.25) is 0 Å². The molecule has 0 radical (unpaired) electrons. The van der Waals surface area contributed by atoms with Crippen LogP contribution in [-0.4, -0.2) is 0 Å². The summed E-state index contributed by atoms with van der Waals surface area (Å²) in [5, 5.41) is 0.394. The molecule has 31 heavy (non-hydrogen) atoms. The van der Waals surface area contributed by atoms with Crippen molar-refractivity contribution < 1.29 is 9.13 Å². The average Bonchev–Trinajstić information content (AvgIpc) is 3.50. The third kappa shape index (κ3) is 3.55. The van der Waals surface area contributed by atoms with Gasteiger partial charge < -0.3 is 4.74 Å². The van der Waals surface area contributed by atoms with Crippen molar-refractivity contribution in [1.29, 1.82) is 0 Å². The van der Waals surface area contributed by atoms with E-state index in [2.05, 4.69) is 53.2 Å². The maximum Gasteiger partial charge on any atom is 0.136 e. The SMILES string of the molecule is CC1c2ccc(Br)cc2CC2CC1C(c1ccc(C3CC3)s1)Oc1cc(Cl)cc(F)c12. The summed E-state index contributed by atoms with van der Waals surface area (Å²) in [6.07, 6.45) is 4.21. The fraction of sp³-hybridized carbons (Fsp3) is 0.385. The molecule has 0 saturated heterocycles. The van der Waals surface area contributed by atoms with Crippen molar-refractivity contribution in [1.82, 2.24) is 0 Å². The minimum atomic E-state index is -0.247. The molecule has 3 aromatic rings. The van der Waals surface area contributed by atoms with Gasteiger partial charge in [-0.1, -0.05) is 40.5 Å². The molecule has 0 spiro atoms.